The molecule has 0 spiro atoms. The lowest BCUT2D eigenvalue weighted by Gasteiger charge is -2.31. The minimum atomic E-state index is -0.536. The first kappa shape index (κ1) is 24.3. The van der Waals surface area contributed by atoms with Gasteiger partial charge in [-0.05, 0) is 43.2 Å². The number of nitrogens with zero attached hydrogens (tertiary/aromatic N) is 1. The van der Waals surface area contributed by atoms with Crippen LogP contribution in [0.25, 0.3) is 10.8 Å². The van der Waals surface area contributed by atoms with E-state index >= 15 is 0 Å². The lowest BCUT2D eigenvalue weighted by molar-refractivity contribution is -0.142. The summed E-state index contributed by atoms with van der Waals surface area (Å²) in [4.78, 5) is 28.0. The van der Waals surface area contributed by atoms with Crippen LogP contribution in [0.3, 0.4) is 0 Å². The molecule has 0 aromatic heterocycles. The molecule has 0 fully saturated rings. The molecule has 0 unspecified atom stereocenters. The highest BCUT2D eigenvalue weighted by molar-refractivity contribution is 5.90. The molecule has 0 heterocycles. The van der Waals surface area contributed by atoms with E-state index in [9.17, 15) is 9.59 Å². The predicted molar refractivity (Wildman–Crippen MR) is 133 cm³/mol. The molecule has 0 aliphatic carbocycles. The molecule has 0 saturated heterocycles. The van der Waals surface area contributed by atoms with Gasteiger partial charge in [-0.2, -0.15) is 0 Å². The summed E-state index contributed by atoms with van der Waals surface area (Å²) in [6.07, 6.45) is 2.05. The standard InChI is InChI=1S/C28H34N2O3/c1-4-21(3)29-28(32)25(5-2)30(19-18-22-12-7-6-8-13-22)27(31)20-33-26-17-11-15-23-14-9-10-16-24(23)26/h6-17,21,25H,4-5,18-20H2,1-3H3,(H,29,32)/t21-,25-/m0/s1. The largest absolute Gasteiger partial charge is 0.483 e. The summed E-state index contributed by atoms with van der Waals surface area (Å²) < 4.78 is 5.97. The van der Waals surface area contributed by atoms with Crippen LogP contribution in [0.2, 0.25) is 0 Å². The number of hydrogen-bond acceptors (Lipinski definition) is 3. The van der Waals surface area contributed by atoms with Gasteiger partial charge in [0, 0.05) is 18.0 Å². The van der Waals surface area contributed by atoms with Crippen molar-refractivity contribution in [3.8, 4) is 5.75 Å². The van der Waals surface area contributed by atoms with Crippen LogP contribution in [-0.4, -0.2) is 41.9 Å². The van der Waals surface area contributed by atoms with Gasteiger partial charge in [-0.25, -0.2) is 0 Å². The lowest BCUT2D eigenvalue weighted by atomic mass is 10.1. The Balaban J connectivity index is 1.77. The van der Waals surface area contributed by atoms with Crippen molar-refractivity contribution in [3.63, 3.8) is 0 Å². The van der Waals surface area contributed by atoms with Gasteiger partial charge in [-0.1, -0.05) is 80.6 Å². The fourth-order valence-corrected chi connectivity index (χ4v) is 3.88. The number of nitrogens with one attached hydrogen (secondary N) is 1. The van der Waals surface area contributed by atoms with Crippen molar-refractivity contribution in [2.75, 3.05) is 13.2 Å². The minimum absolute atomic E-state index is 0.0598. The normalized spacial score (nSPS) is 12.7. The second-order valence-electron chi connectivity index (χ2n) is 8.33. The average Bonchev–Trinajstić information content (AvgIpc) is 2.85. The van der Waals surface area contributed by atoms with Gasteiger partial charge in [0.1, 0.15) is 11.8 Å². The summed E-state index contributed by atoms with van der Waals surface area (Å²) in [6, 6.07) is 23.3. The zero-order valence-electron chi connectivity index (χ0n) is 19.8. The maximum Gasteiger partial charge on any atom is 0.261 e. The first-order chi connectivity index (χ1) is 16.0. The monoisotopic (exact) mass is 446 g/mol. The molecule has 0 aliphatic heterocycles. The third-order valence-corrected chi connectivity index (χ3v) is 5.97. The zero-order chi connectivity index (χ0) is 23.6. The molecule has 3 aromatic carbocycles. The molecule has 5 heteroatoms. The average molecular weight is 447 g/mol. The van der Waals surface area contributed by atoms with Gasteiger partial charge >= 0.3 is 0 Å². The van der Waals surface area contributed by atoms with E-state index in [4.69, 9.17) is 4.74 Å². The Morgan fingerprint density at radius 2 is 1.61 bits per heavy atom. The number of amides is 2. The van der Waals surface area contributed by atoms with Gasteiger partial charge in [0.15, 0.2) is 6.61 Å². The first-order valence-electron chi connectivity index (χ1n) is 11.8. The van der Waals surface area contributed by atoms with Gasteiger partial charge in [0.2, 0.25) is 5.91 Å². The van der Waals surface area contributed by atoms with Crippen molar-refractivity contribution in [1.29, 1.82) is 0 Å². The number of fused-ring (bicyclic) bond motifs is 1. The third kappa shape index (κ3) is 6.58. The molecule has 0 saturated carbocycles. The Kier molecular flexibility index (Phi) is 8.87. The summed E-state index contributed by atoms with van der Waals surface area (Å²) in [5.74, 6) is 0.366. The fourth-order valence-electron chi connectivity index (χ4n) is 3.88. The van der Waals surface area contributed by atoms with E-state index in [0.717, 1.165) is 22.8 Å². The van der Waals surface area contributed by atoms with Gasteiger partial charge in [-0.15, -0.1) is 0 Å². The number of ether oxygens (including phenoxy) is 1. The van der Waals surface area contributed by atoms with Gasteiger partial charge in [-0.3, -0.25) is 9.59 Å². The number of hydrogen-bond donors (Lipinski definition) is 1. The number of benzene rings is 3. The summed E-state index contributed by atoms with van der Waals surface area (Å²) in [5.41, 5.74) is 1.13. The van der Waals surface area contributed by atoms with Crippen LogP contribution < -0.4 is 10.1 Å². The maximum atomic E-state index is 13.4. The Morgan fingerprint density at radius 1 is 0.909 bits per heavy atom. The Hall–Kier alpha value is -3.34. The zero-order valence-corrected chi connectivity index (χ0v) is 19.8. The molecule has 2 atom stereocenters. The molecule has 33 heavy (non-hydrogen) atoms. The topological polar surface area (TPSA) is 58.6 Å². The summed E-state index contributed by atoms with van der Waals surface area (Å²) in [5, 5.41) is 5.06. The lowest BCUT2D eigenvalue weighted by Crippen LogP contribution is -2.52. The second-order valence-corrected chi connectivity index (χ2v) is 8.33. The van der Waals surface area contributed by atoms with E-state index in [0.29, 0.717) is 25.1 Å². The van der Waals surface area contributed by atoms with Crippen molar-refractivity contribution in [3.05, 3.63) is 78.4 Å². The van der Waals surface area contributed by atoms with Crippen LogP contribution in [0.4, 0.5) is 0 Å². The number of carbonyl (C=O) groups excluding carboxylic acids is 2. The summed E-state index contributed by atoms with van der Waals surface area (Å²) in [7, 11) is 0. The molecule has 3 rings (SSSR count). The van der Waals surface area contributed by atoms with Crippen LogP contribution in [-0.2, 0) is 16.0 Å². The molecule has 5 nitrogen and oxygen atoms in total. The summed E-state index contributed by atoms with van der Waals surface area (Å²) in [6.45, 7) is 6.28. The van der Waals surface area contributed by atoms with Gasteiger partial charge < -0.3 is 15.0 Å². The van der Waals surface area contributed by atoms with E-state index < -0.39 is 6.04 Å². The molecule has 2 amide bonds. The highest BCUT2D eigenvalue weighted by Gasteiger charge is 2.29. The van der Waals surface area contributed by atoms with Crippen molar-refractivity contribution in [2.24, 2.45) is 0 Å². The number of carbonyl (C=O) groups is 2. The maximum absolute atomic E-state index is 13.4. The van der Waals surface area contributed by atoms with Crippen LogP contribution in [0, 0.1) is 0 Å². The predicted octanol–water partition coefficient (Wildman–Crippen LogP) is 4.98. The molecule has 0 bridgehead atoms. The molecular formula is C28H34N2O3. The van der Waals surface area contributed by atoms with E-state index in [1.165, 1.54) is 0 Å². The van der Waals surface area contributed by atoms with Crippen LogP contribution in [0.15, 0.2) is 72.8 Å². The SMILES string of the molecule is CC[C@H](C)NC(=O)[C@H](CC)N(CCc1ccccc1)C(=O)COc1cccc2ccccc12. The Morgan fingerprint density at radius 3 is 2.33 bits per heavy atom. The molecule has 0 radical (unpaired) electrons. The van der Waals surface area contributed by atoms with Crippen molar-refractivity contribution < 1.29 is 14.3 Å². The van der Waals surface area contributed by atoms with Crippen LogP contribution in [0.5, 0.6) is 5.75 Å². The Labute approximate surface area is 196 Å². The third-order valence-electron chi connectivity index (χ3n) is 5.97. The highest BCUT2D eigenvalue weighted by Crippen LogP contribution is 2.25. The van der Waals surface area contributed by atoms with Crippen molar-refractivity contribution >= 4 is 22.6 Å². The fraction of sp³-hybridized carbons (Fsp3) is 0.357. The number of rotatable bonds is 11. The quantitative estimate of drug-likeness (QED) is 0.452. The van der Waals surface area contributed by atoms with Crippen molar-refractivity contribution in [1.82, 2.24) is 10.2 Å². The molecule has 0 aliphatic rings. The summed E-state index contributed by atoms with van der Waals surface area (Å²) >= 11 is 0. The van der Waals surface area contributed by atoms with E-state index in [1.807, 2.05) is 93.6 Å². The smallest absolute Gasteiger partial charge is 0.261 e. The van der Waals surface area contributed by atoms with E-state index in [1.54, 1.807) is 4.90 Å². The molecular weight excluding hydrogens is 412 g/mol. The minimum Gasteiger partial charge on any atom is -0.483 e. The van der Waals surface area contributed by atoms with Gasteiger partial charge in [0.05, 0.1) is 0 Å². The van der Waals surface area contributed by atoms with Crippen molar-refractivity contribution in [2.45, 2.75) is 52.1 Å². The van der Waals surface area contributed by atoms with E-state index in [2.05, 4.69) is 5.32 Å². The molecule has 1 N–H and O–H groups in total. The van der Waals surface area contributed by atoms with Crippen LogP contribution >= 0.6 is 0 Å². The van der Waals surface area contributed by atoms with Crippen LogP contribution in [0.1, 0.15) is 39.2 Å². The molecule has 174 valence electrons. The second kappa shape index (κ2) is 12.0. The first-order valence-corrected chi connectivity index (χ1v) is 11.8. The van der Waals surface area contributed by atoms with Gasteiger partial charge in [0.25, 0.3) is 5.91 Å². The molecule has 3 aromatic rings. The Bertz CT molecular complexity index is 1050. The highest BCUT2D eigenvalue weighted by atomic mass is 16.5. The van der Waals surface area contributed by atoms with E-state index in [-0.39, 0.29) is 24.5 Å².